The minimum atomic E-state index is -0.0566. The van der Waals surface area contributed by atoms with Crippen LogP contribution in [0.3, 0.4) is 0 Å². The van der Waals surface area contributed by atoms with Gasteiger partial charge in [0.05, 0.1) is 5.92 Å². The molecule has 0 radical (unpaired) electrons. The van der Waals surface area contributed by atoms with Crippen molar-refractivity contribution in [3.05, 3.63) is 29.8 Å². The number of fused-ring (bicyclic) bond motifs is 1. The van der Waals surface area contributed by atoms with E-state index in [1.807, 2.05) is 24.3 Å². The largest absolute Gasteiger partial charge is 0.396 e. The number of amides is 1. The summed E-state index contributed by atoms with van der Waals surface area (Å²) in [7, 11) is 0. The maximum Gasteiger partial charge on any atom is 0.227 e. The fraction of sp³-hybridized carbons (Fsp3) is 0.588. The van der Waals surface area contributed by atoms with E-state index in [1.165, 1.54) is 0 Å². The van der Waals surface area contributed by atoms with Crippen molar-refractivity contribution >= 4 is 11.6 Å². The molecule has 0 saturated carbocycles. The first-order chi connectivity index (χ1) is 10.3. The van der Waals surface area contributed by atoms with Crippen molar-refractivity contribution in [2.45, 2.75) is 38.5 Å². The normalized spacial score (nSPS) is 18.5. The fourth-order valence-electron chi connectivity index (χ4n) is 3.05. The maximum absolute atomic E-state index is 12.5. The van der Waals surface area contributed by atoms with E-state index in [0.717, 1.165) is 43.5 Å². The van der Waals surface area contributed by atoms with Gasteiger partial charge in [0.2, 0.25) is 5.91 Å². The highest BCUT2D eigenvalue weighted by Gasteiger charge is 2.26. The zero-order valence-corrected chi connectivity index (χ0v) is 12.8. The molecular formula is C17H26N2O2. The Hall–Kier alpha value is -1.55. The highest BCUT2D eigenvalue weighted by molar-refractivity contribution is 5.86. The average molecular weight is 290 g/mol. The zero-order valence-electron chi connectivity index (χ0n) is 12.8. The van der Waals surface area contributed by atoms with Gasteiger partial charge < -0.3 is 15.7 Å². The Bertz CT molecular complexity index is 456. The smallest absolute Gasteiger partial charge is 0.227 e. The minimum Gasteiger partial charge on any atom is -0.396 e. The number of carbonyl (C=O) groups is 1. The number of hydrogen-bond donors (Lipinski definition) is 3. The van der Waals surface area contributed by atoms with Gasteiger partial charge in [-0.25, -0.2) is 0 Å². The van der Waals surface area contributed by atoms with Gasteiger partial charge in [-0.1, -0.05) is 31.5 Å². The highest BCUT2D eigenvalue weighted by Crippen LogP contribution is 2.31. The molecule has 0 saturated heterocycles. The Morgan fingerprint density at radius 1 is 1.43 bits per heavy atom. The summed E-state index contributed by atoms with van der Waals surface area (Å²) in [6, 6.07) is 8.03. The van der Waals surface area contributed by atoms with Gasteiger partial charge in [-0.2, -0.15) is 0 Å². The van der Waals surface area contributed by atoms with Crippen LogP contribution in [0.15, 0.2) is 24.3 Å². The van der Waals surface area contributed by atoms with Crippen molar-refractivity contribution in [3.8, 4) is 0 Å². The highest BCUT2D eigenvalue weighted by atomic mass is 16.3. The molecule has 1 heterocycles. The van der Waals surface area contributed by atoms with Gasteiger partial charge in [0.25, 0.3) is 0 Å². The molecule has 4 nitrogen and oxygen atoms in total. The predicted octanol–water partition coefficient (Wildman–Crippen LogP) is 2.50. The Balaban J connectivity index is 1.95. The monoisotopic (exact) mass is 290 g/mol. The van der Waals surface area contributed by atoms with Crippen LogP contribution < -0.4 is 10.6 Å². The summed E-state index contributed by atoms with van der Waals surface area (Å²) in [6.07, 6.45) is 3.72. The Morgan fingerprint density at radius 2 is 2.24 bits per heavy atom. The molecule has 21 heavy (non-hydrogen) atoms. The summed E-state index contributed by atoms with van der Waals surface area (Å²) in [6.45, 7) is 3.83. The van der Waals surface area contributed by atoms with E-state index in [1.54, 1.807) is 0 Å². The number of hydrogen-bond acceptors (Lipinski definition) is 3. The molecule has 3 N–H and O–H groups in total. The molecule has 1 aromatic carbocycles. The van der Waals surface area contributed by atoms with Gasteiger partial charge in [-0.05, 0) is 36.8 Å². The van der Waals surface area contributed by atoms with Crippen molar-refractivity contribution in [1.29, 1.82) is 0 Å². The molecule has 116 valence electrons. The molecule has 2 atom stereocenters. The lowest BCUT2D eigenvalue weighted by atomic mass is 9.90. The summed E-state index contributed by atoms with van der Waals surface area (Å²) in [4.78, 5) is 12.5. The molecule has 4 heteroatoms. The topological polar surface area (TPSA) is 61.4 Å². The van der Waals surface area contributed by atoms with Gasteiger partial charge in [0.15, 0.2) is 0 Å². The van der Waals surface area contributed by atoms with E-state index in [-0.39, 0.29) is 18.4 Å². The van der Waals surface area contributed by atoms with Crippen molar-refractivity contribution in [1.82, 2.24) is 5.32 Å². The van der Waals surface area contributed by atoms with Gasteiger partial charge in [0, 0.05) is 25.4 Å². The van der Waals surface area contributed by atoms with Gasteiger partial charge in [-0.15, -0.1) is 0 Å². The summed E-state index contributed by atoms with van der Waals surface area (Å²) >= 11 is 0. The first kappa shape index (κ1) is 15.8. The molecule has 1 aromatic rings. The van der Waals surface area contributed by atoms with Gasteiger partial charge in [0.1, 0.15) is 0 Å². The van der Waals surface area contributed by atoms with E-state index in [9.17, 15) is 4.79 Å². The summed E-state index contributed by atoms with van der Waals surface area (Å²) < 4.78 is 0. The number of carbonyl (C=O) groups excluding carboxylic acids is 1. The fourth-order valence-corrected chi connectivity index (χ4v) is 3.05. The third kappa shape index (κ3) is 4.21. The van der Waals surface area contributed by atoms with E-state index < -0.39 is 0 Å². The second-order valence-electron chi connectivity index (χ2n) is 5.77. The number of anilines is 1. The lowest BCUT2D eigenvalue weighted by molar-refractivity contribution is -0.122. The van der Waals surface area contributed by atoms with Crippen LogP contribution in [-0.4, -0.2) is 30.7 Å². The van der Waals surface area contributed by atoms with Crippen LogP contribution in [0.25, 0.3) is 0 Å². The van der Waals surface area contributed by atoms with E-state index in [4.69, 9.17) is 5.11 Å². The van der Waals surface area contributed by atoms with E-state index in [2.05, 4.69) is 17.6 Å². The average Bonchev–Trinajstić information content (AvgIpc) is 2.52. The number of aliphatic hydroxyl groups excluding tert-OH is 1. The van der Waals surface area contributed by atoms with Gasteiger partial charge in [-0.3, -0.25) is 4.79 Å². The number of para-hydroxylation sites is 1. The van der Waals surface area contributed by atoms with Crippen LogP contribution in [-0.2, 0) is 4.79 Å². The number of benzene rings is 1. The quantitative estimate of drug-likeness (QED) is 0.723. The van der Waals surface area contributed by atoms with Crippen molar-refractivity contribution in [2.24, 2.45) is 5.92 Å². The third-order valence-electron chi connectivity index (χ3n) is 4.20. The predicted molar refractivity (Wildman–Crippen MR) is 85.4 cm³/mol. The molecule has 0 bridgehead atoms. The molecule has 1 amide bonds. The summed E-state index contributed by atoms with van der Waals surface area (Å²) in [5, 5.41) is 15.5. The van der Waals surface area contributed by atoms with Crippen LogP contribution in [0.1, 0.15) is 44.1 Å². The van der Waals surface area contributed by atoms with Crippen molar-refractivity contribution < 1.29 is 9.90 Å². The number of nitrogens with one attached hydrogen (secondary N) is 2. The molecule has 2 rings (SSSR count). The van der Waals surface area contributed by atoms with Crippen LogP contribution in [0.2, 0.25) is 0 Å². The first-order valence-corrected chi connectivity index (χ1v) is 7.97. The Kier molecular flexibility index (Phi) is 6.05. The second kappa shape index (κ2) is 8.03. The molecule has 0 aromatic heterocycles. The first-order valence-electron chi connectivity index (χ1n) is 7.97. The van der Waals surface area contributed by atoms with Crippen LogP contribution in [0, 0.1) is 5.92 Å². The summed E-state index contributed by atoms with van der Waals surface area (Å²) in [5.74, 6) is 0.433. The standard InChI is InChI=1S/C17H26N2O2/c1-2-5-13(9-11-20)12-19-17(21)15-8-10-18-16-7-4-3-6-14(15)16/h3-4,6-7,13,15,18,20H,2,5,8-12H2,1H3,(H,19,21). The molecule has 1 aliphatic heterocycles. The SMILES string of the molecule is CCCC(CCO)CNC(=O)C1CCNc2ccccc21. The molecule has 0 spiro atoms. The van der Waals surface area contributed by atoms with Crippen molar-refractivity contribution in [2.75, 3.05) is 25.0 Å². The minimum absolute atomic E-state index is 0.0566. The second-order valence-corrected chi connectivity index (χ2v) is 5.77. The third-order valence-corrected chi connectivity index (χ3v) is 4.20. The van der Waals surface area contributed by atoms with E-state index in [0.29, 0.717) is 12.5 Å². The molecule has 2 unspecified atom stereocenters. The van der Waals surface area contributed by atoms with Crippen LogP contribution in [0.4, 0.5) is 5.69 Å². The Labute approximate surface area is 126 Å². The van der Waals surface area contributed by atoms with Gasteiger partial charge >= 0.3 is 0 Å². The van der Waals surface area contributed by atoms with Crippen molar-refractivity contribution in [3.63, 3.8) is 0 Å². The zero-order chi connectivity index (χ0) is 15.1. The molecular weight excluding hydrogens is 264 g/mol. The number of rotatable bonds is 7. The molecule has 0 fully saturated rings. The van der Waals surface area contributed by atoms with E-state index >= 15 is 0 Å². The Morgan fingerprint density at radius 3 is 3.00 bits per heavy atom. The maximum atomic E-state index is 12.5. The molecule has 1 aliphatic rings. The molecule has 0 aliphatic carbocycles. The van der Waals surface area contributed by atoms with Crippen LogP contribution in [0.5, 0.6) is 0 Å². The lowest BCUT2D eigenvalue weighted by Crippen LogP contribution is -2.36. The van der Waals surface area contributed by atoms with Crippen LogP contribution >= 0.6 is 0 Å². The lowest BCUT2D eigenvalue weighted by Gasteiger charge is -2.26. The summed E-state index contributed by atoms with van der Waals surface area (Å²) in [5.41, 5.74) is 2.17. The number of aliphatic hydroxyl groups is 1.